The van der Waals surface area contributed by atoms with E-state index in [1.807, 2.05) is 24.3 Å². The number of nitrogens with zero attached hydrogens (tertiary/aromatic N) is 1. The molecule has 2 nitrogen and oxygen atoms in total. The van der Waals surface area contributed by atoms with Gasteiger partial charge in [0, 0.05) is 12.1 Å². The quantitative estimate of drug-likeness (QED) is 0.562. The second kappa shape index (κ2) is 1.99. The van der Waals surface area contributed by atoms with Gasteiger partial charge in [-0.15, -0.1) is 5.73 Å². The van der Waals surface area contributed by atoms with E-state index in [1.165, 1.54) is 5.56 Å². The Morgan fingerprint density at radius 3 is 3.00 bits per heavy atom. The number of para-hydroxylation sites is 1. The maximum absolute atomic E-state index is 9.14. The van der Waals surface area contributed by atoms with E-state index in [0.29, 0.717) is 0 Å². The van der Waals surface area contributed by atoms with Crippen molar-refractivity contribution in [1.82, 2.24) is 5.73 Å². The summed E-state index contributed by atoms with van der Waals surface area (Å²) in [5, 5.41) is 2.95. The summed E-state index contributed by atoms with van der Waals surface area (Å²) in [6, 6.07) is 7.95. The summed E-state index contributed by atoms with van der Waals surface area (Å²) in [5.74, 6) is 0. The van der Waals surface area contributed by atoms with Crippen LogP contribution < -0.4 is 11.1 Å². The first kappa shape index (κ1) is 5.74. The third kappa shape index (κ3) is 0.772. The van der Waals surface area contributed by atoms with E-state index in [-0.39, 0.29) is 6.17 Å². The van der Waals surface area contributed by atoms with Crippen LogP contribution >= 0.6 is 0 Å². The zero-order valence-corrected chi connectivity index (χ0v) is 5.54. The number of hydrogen-bond donors (Lipinski definition) is 1. The van der Waals surface area contributed by atoms with Crippen LogP contribution in [0.2, 0.25) is 0 Å². The molecule has 0 fully saturated rings. The average Bonchev–Trinajstić information content (AvgIpc) is 2.27. The molecule has 2 radical (unpaired) electrons. The second-order valence-corrected chi connectivity index (χ2v) is 2.52. The van der Waals surface area contributed by atoms with Crippen molar-refractivity contribution in [3.63, 3.8) is 0 Å². The molecular formula is C8H8N2. The third-order valence-corrected chi connectivity index (χ3v) is 1.75. The highest BCUT2D eigenvalue weighted by molar-refractivity contribution is 5.55. The van der Waals surface area contributed by atoms with Crippen LogP contribution in [0.1, 0.15) is 5.56 Å². The summed E-state index contributed by atoms with van der Waals surface area (Å²) < 4.78 is 0. The predicted octanol–water partition coefficient (Wildman–Crippen LogP) is 1.05. The summed E-state index contributed by atoms with van der Waals surface area (Å²) >= 11 is 0. The molecule has 2 heteroatoms. The maximum atomic E-state index is 9.14. The fourth-order valence-electron chi connectivity index (χ4n) is 1.28. The van der Waals surface area contributed by atoms with Gasteiger partial charge in [-0.05, 0) is 11.6 Å². The number of nitrogens with one attached hydrogen (secondary N) is 1. The zero-order valence-electron chi connectivity index (χ0n) is 5.54. The summed E-state index contributed by atoms with van der Waals surface area (Å²) in [7, 11) is 0. The molecule has 1 atom stereocenters. The first-order valence-electron chi connectivity index (χ1n) is 3.39. The van der Waals surface area contributed by atoms with Crippen molar-refractivity contribution in [3.05, 3.63) is 29.8 Å². The van der Waals surface area contributed by atoms with E-state index in [4.69, 9.17) is 5.73 Å². The Morgan fingerprint density at radius 2 is 2.20 bits per heavy atom. The Labute approximate surface area is 60.0 Å². The SMILES string of the molecule is [N]C1Cc2ccccc2N1. The summed E-state index contributed by atoms with van der Waals surface area (Å²) in [4.78, 5) is 0. The number of rotatable bonds is 0. The van der Waals surface area contributed by atoms with Gasteiger partial charge in [0.15, 0.2) is 0 Å². The molecule has 1 N–H and O–H groups in total. The van der Waals surface area contributed by atoms with Gasteiger partial charge in [-0.25, -0.2) is 0 Å². The summed E-state index contributed by atoms with van der Waals surface area (Å²) in [6.45, 7) is 0. The lowest BCUT2D eigenvalue weighted by atomic mass is 10.2. The third-order valence-electron chi connectivity index (χ3n) is 1.75. The highest BCUT2D eigenvalue weighted by atomic mass is 15.0. The number of fused-ring (bicyclic) bond motifs is 1. The van der Waals surface area contributed by atoms with Gasteiger partial charge in [0.25, 0.3) is 0 Å². The van der Waals surface area contributed by atoms with E-state index in [1.54, 1.807) is 0 Å². The molecule has 10 heavy (non-hydrogen) atoms. The van der Waals surface area contributed by atoms with E-state index >= 15 is 0 Å². The Morgan fingerprint density at radius 1 is 1.40 bits per heavy atom. The van der Waals surface area contributed by atoms with Gasteiger partial charge < -0.3 is 5.32 Å². The molecule has 1 aromatic rings. The number of hydrogen-bond acceptors (Lipinski definition) is 1. The Balaban J connectivity index is 2.42. The molecule has 50 valence electrons. The standard InChI is InChI=1S/C8H8N2/c9-8-5-6-3-1-2-4-7(6)10-8/h1-4,8,10H,5H2. The molecule has 0 aromatic heterocycles. The highest BCUT2D eigenvalue weighted by Crippen LogP contribution is 2.23. The lowest BCUT2D eigenvalue weighted by Crippen LogP contribution is -2.15. The Kier molecular flexibility index (Phi) is 1.14. The molecule has 1 unspecified atom stereocenters. The number of anilines is 1. The van der Waals surface area contributed by atoms with E-state index in [9.17, 15) is 0 Å². The second-order valence-electron chi connectivity index (χ2n) is 2.52. The molecule has 0 bridgehead atoms. The van der Waals surface area contributed by atoms with Crippen molar-refractivity contribution < 1.29 is 0 Å². The lowest BCUT2D eigenvalue weighted by Gasteiger charge is -1.98. The topological polar surface area (TPSA) is 34.3 Å². The highest BCUT2D eigenvalue weighted by Gasteiger charge is 2.16. The lowest BCUT2D eigenvalue weighted by molar-refractivity contribution is 0.771. The van der Waals surface area contributed by atoms with Crippen LogP contribution in [0.4, 0.5) is 5.69 Å². The van der Waals surface area contributed by atoms with Crippen LogP contribution in [0.3, 0.4) is 0 Å². The van der Waals surface area contributed by atoms with Crippen molar-refractivity contribution in [2.24, 2.45) is 0 Å². The van der Waals surface area contributed by atoms with Crippen molar-refractivity contribution in [1.29, 1.82) is 0 Å². The van der Waals surface area contributed by atoms with E-state index in [0.717, 1.165) is 12.1 Å². The predicted molar refractivity (Wildman–Crippen MR) is 39.7 cm³/mol. The molecule has 1 heterocycles. The molecule has 0 amide bonds. The molecule has 0 saturated heterocycles. The molecular weight excluding hydrogens is 124 g/mol. The normalized spacial score (nSPS) is 21.9. The molecule has 0 aliphatic carbocycles. The smallest absolute Gasteiger partial charge is 0.116 e. The fourth-order valence-corrected chi connectivity index (χ4v) is 1.28. The van der Waals surface area contributed by atoms with Gasteiger partial charge in [0.05, 0.1) is 0 Å². The van der Waals surface area contributed by atoms with Crippen molar-refractivity contribution in [3.8, 4) is 0 Å². The molecule has 0 saturated carbocycles. The van der Waals surface area contributed by atoms with Crippen molar-refractivity contribution in [2.45, 2.75) is 12.6 Å². The van der Waals surface area contributed by atoms with Crippen LogP contribution in [-0.2, 0) is 6.42 Å². The van der Waals surface area contributed by atoms with E-state index < -0.39 is 0 Å². The Bertz CT molecular complexity index is 220. The Hall–Kier alpha value is -1.02. The fraction of sp³-hybridized carbons (Fsp3) is 0.250. The van der Waals surface area contributed by atoms with Crippen LogP contribution in [0.15, 0.2) is 24.3 Å². The molecule has 1 aromatic carbocycles. The monoisotopic (exact) mass is 132 g/mol. The molecule has 2 rings (SSSR count). The summed E-state index contributed by atoms with van der Waals surface area (Å²) in [6.07, 6.45) is 0.355. The van der Waals surface area contributed by atoms with Gasteiger partial charge in [0.2, 0.25) is 0 Å². The van der Waals surface area contributed by atoms with Gasteiger partial charge >= 0.3 is 0 Å². The summed E-state index contributed by atoms with van der Waals surface area (Å²) in [5.41, 5.74) is 11.4. The first-order chi connectivity index (χ1) is 4.86. The minimum Gasteiger partial charge on any atom is -0.367 e. The van der Waals surface area contributed by atoms with Crippen molar-refractivity contribution in [2.75, 3.05) is 5.32 Å². The van der Waals surface area contributed by atoms with Gasteiger partial charge in [-0.3, -0.25) is 0 Å². The van der Waals surface area contributed by atoms with Crippen LogP contribution in [-0.4, -0.2) is 6.17 Å². The minimum absolute atomic E-state index is 0.377. The van der Waals surface area contributed by atoms with Gasteiger partial charge in [0.1, 0.15) is 6.17 Å². The number of benzene rings is 1. The van der Waals surface area contributed by atoms with Crippen LogP contribution in [0.5, 0.6) is 0 Å². The maximum Gasteiger partial charge on any atom is 0.116 e. The molecule has 1 aliphatic heterocycles. The van der Waals surface area contributed by atoms with Crippen molar-refractivity contribution >= 4 is 5.69 Å². The van der Waals surface area contributed by atoms with Gasteiger partial charge in [-0.1, -0.05) is 18.2 Å². The van der Waals surface area contributed by atoms with Gasteiger partial charge in [-0.2, -0.15) is 0 Å². The first-order valence-corrected chi connectivity index (χ1v) is 3.39. The molecule has 1 aliphatic rings. The molecule has 0 spiro atoms. The van der Waals surface area contributed by atoms with E-state index in [2.05, 4.69) is 5.32 Å². The zero-order chi connectivity index (χ0) is 6.97. The average molecular weight is 132 g/mol. The van der Waals surface area contributed by atoms with Crippen LogP contribution in [0, 0.1) is 0 Å². The largest absolute Gasteiger partial charge is 0.367 e. The van der Waals surface area contributed by atoms with Crippen LogP contribution in [0.25, 0.3) is 0 Å². The minimum atomic E-state index is -0.377.